The predicted molar refractivity (Wildman–Crippen MR) is 127 cm³/mol. The van der Waals surface area contributed by atoms with Crippen molar-refractivity contribution in [2.24, 2.45) is 0 Å². The molecule has 1 aliphatic rings. The number of thiophene rings is 1. The number of aryl methyl sites for hydroxylation is 2. The third kappa shape index (κ3) is 3.07. The molecule has 0 bridgehead atoms. The summed E-state index contributed by atoms with van der Waals surface area (Å²) in [6.07, 6.45) is 0.880. The molecule has 3 heterocycles. The molecule has 1 unspecified atom stereocenters. The van der Waals surface area contributed by atoms with Crippen LogP contribution in [0.5, 0.6) is 0 Å². The number of nitrogens with one attached hydrogen (secondary N) is 1. The zero-order chi connectivity index (χ0) is 22.4. The third-order valence-corrected chi connectivity index (χ3v) is 6.91. The van der Waals surface area contributed by atoms with Crippen LogP contribution < -0.4 is 4.90 Å². The number of nitrogens with zero attached hydrogens (tertiary/aromatic N) is 1. The van der Waals surface area contributed by atoms with E-state index in [-0.39, 0.29) is 11.4 Å². The van der Waals surface area contributed by atoms with Gasteiger partial charge in [0.25, 0.3) is 5.91 Å². The first-order valence-corrected chi connectivity index (χ1v) is 11.4. The average molecular weight is 443 g/mol. The molecule has 2 N–H and O–H groups in total. The zero-order valence-electron chi connectivity index (χ0n) is 17.8. The third-order valence-electron chi connectivity index (χ3n) is 6.04. The van der Waals surface area contributed by atoms with Crippen LogP contribution in [-0.2, 0) is 11.2 Å². The second-order valence-corrected chi connectivity index (χ2v) is 8.82. The van der Waals surface area contributed by atoms with Crippen molar-refractivity contribution >= 4 is 39.6 Å². The standard InChI is InChI=1S/C26H22N2O3S/c1-3-16-10-12-17(13-11-16)28-23(21-15(2)27-19-8-5-4-7-18(19)21)22(25(30)26(28)31)24(29)20-9-6-14-32-20/h4-14,23,27,30H,3H2,1-2H3. The van der Waals surface area contributed by atoms with Gasteiger partial charge in [0, 0.05) is 27.8 Å². The molecule has 2 aromatic heterocycles. The Labute approximate surface area is 189 Å². The molecule has 0 radical (unpaired) electrons. The van der Waals surface area contributed by atoms with Crippen LogP contribution in [-0.4, -0.2) is 21.8 Å². The number of hydrogen-bond acceptors (Lipinski definition) is 4. The van der Waals surface area contributed by atoms with Crippen LogP contribution in [0.3, 0.4) is 0 Å². The number of Topliss-reactive ketones (excluding diaryl/α,β-unsaturated/α-hetero) is 1. The molecule has 0 fully saturated rings. The number of H-pyrrole nitrogens is 1. The molecule has 1 amide bonds. The van der Waals surface area contributed by atoms with Crippen LogP contribution >= 0.6 is 11.3 Å². The lowest BCUT2D eigenvalue weighted by Gasteiger charge is -2.27. The molecule has 0 saturated heterocycles. The van der Waals surface area contributed by atoms with Gasteiger partial charge in [-0.05, 0) is 48.6 Å². The van der Waals surface area contributed by atoms with Gasteiger partial charge >= 0.3 is 0 Å². The molecular weight excluding hydrogens is 420 g/mol. The fourth-order valence-electron chi connectivity index (χ4n) is 4.46. The van der Waals surface area contributed by atoms with Crippen molar-refractivity contribution in [2.45, 2.75) is 26.3 Å². The smallest absolute Gasteiger partial charge is 0.294 e. The maximum absolute atomic E-state index is 13.5. The first-order valence-electron chi connectivity index (χ1n) is 10.5. The highest BCUT2D eigenvalue weighted by atomic mass is 32.1. The van der Waals surface area contributed by atoms with Crippen molar-refractivity contribution in [3.05, 3.63) is 99.1 Å². The minimum Gasteiger partial charge on any atom is -0.503 e. The van der Waals surface area contributed by atoms with Crippen LogP contribution in [0.25, 0.3) is 10.9 Å². The number of fused-ring (bicyclic) bond motifs is 1. The van der Waals surface area contributed by atoms with E-state index in [4.69, 9.17) is 0 Å². The number of rotatable bonds is 5. The van der Waals surface area contributed by atoms with Crippen LogP contribution in [0.1, 0.15) is 39.5 Å². The summed E-state index contributed by atoms with van der Waals surface area (Å²) < 4.78 is 0. The first kappa shape index (κ1) is 20.3. The first-order chi connectivity index (χ1) is 15.5. The van der Waals surface area contributed by atoms with Crippen molar-refractivity contribution < 1.29 is 14.7 Å². The Morgan fingerprint density at radius 3 is 2.53 bits per heavy atom. The number of anilines is 1. The monoisotopic (exact) mass is 442 g/mol. The number of para-hydroxylation sites is 1. The molecule has 4 aromatic rings. The number of amides is 1. The minimum atomic E-state index is -0.735. The van der Waals surface area contributed by atoms with Crippen molar-refractivity contribution in [1.82, 2.24) is 4.98 Å². The van der Waals surface area contributed by atoms with E-state index in [1.54, 1.807) is 12.1 Å². The molecule has 5 rings (SSSR count). The second-order valence-electron chi connectivity index (χ2n) is 7.88. The molecule has 32 heavy (non-hydrogen) atoms. The van der Waals surface area contributed by atoms with Crippen molar-refractivity contribution in [1.29, 1.82) is 0 Å². The summed E-state index contributed by atoms with van der Waals surface area (Å²) in [7, 11) is 0. The summed E-state index contributed by atoms with van der Waals surface area (Å²) in [5.74, 6) is -1.38. The van der Waals surface area contributed by atoms with Gasteiger partial charge in [-0.3, -0.25) is 14.5 Å². The Balaban J connectivity index is 1.75. The second kappa shape index (κ2) is 7.80. The number of aliphatic hydroxyl groups excluding tert-OH is 1. The number of carbonyl (C=O) groups is 2. The Morgan fingerprint density at radius 2 is 1.84 bits per heavy atom. The van der Waals surface area contributed by atoms with Gasteiger partial charge < -0.3 is 10.1 Å². The molecule has 6 heteroatoms. The maximum atomic E-state index is 13.5. The Hall–Kier alpha value is -3.64. The zero-order valence-corrected chi connectivity index (χ0v) is 18.6. The molecule has 160 valence electrons. The highest BCUT2D eigenvalue weighted by molar-refractivity contribution is 7.12. The molecule has 1 atom stereocenters. The number of carbonyl (C=O) groups excluding carboxylic acids is 2. The predicted octanol–water partition coefficient (Wildman–Crippen LogP) is 5.88. The number of ketones is 1. The summed E-state index contributed by atoms with van der Waals surface area (Å²) in [5.41, 5.74) is 4.49. The lowest BCUT2D eigenvalue weighted by atomic mass is 9.93. The highest BCUT2D eigenvalue weighted by Gasteiger charge is 2.46. The van der Waals surface area contributed by atoms with E-state index in [9.17, 15) is 14.7 Å². The van der Waals surface area contributed by atoms with E-state index in [2.05, 4.69) is 11.9 Å². The van der Waals surface area contributed by atoms with Gasteiger partial charge in [0.15, 0.2) is 5.76 Å². The van der Waals surface area contributed by atoms with Crippen LogP contribution in [0.15, 0.2) is 77.4 Å². The minimum absolute atomic E-state index is 0.116. The van der Waals surface area contributed by atoms with Gasteiger partial charge in [-0.15, -0.1) is 11.3 Å². The molecule has 5 nitrogen and oxygen atoms in total. The average Bonchev–Trinajstić information content (AvgIpc) is 3.51. The largest absolute Gasteiger partial charge is 0.503 e. The van der Waals surface area contributed by atoms with Crippen molar-refractivity contribution in [3.63, 3.8) is 0 Å². The summed E-state index contributed by atoms with van der Waals surface area (Å²) in [4.78, 5) is 32.3. The van der Waals surface area contributed by atoms with Crippen LogP contribution in [0.2, 0.25) is 0 Å². The quantitative estimate of drug-likeness (QED) is 0.379. The van der Waals surface area contributed by atoms with Gasteiger partial charge in [-0.2, -0.15) is 0 Å². The summed E-state index contributed by atoms with van der Waals surface area (Å²) in [5, 5.41) is 13.7. The molecule has 2 aromatic carbocycles. The van der Waals surface area contributed by atoms with Gasteiger partial charge in [-0.1, -0.05) is 43.3 Å². The van der Waals surface area contributed by atoms with E-state index in [0.717, 1.165) is 34.1 Å². The number of aromatic nitrogens is 1. The van der Waals surface area contributed by atoms with Crippen LogP contribution in [0, 0.1) is 6.92 Å². The molecule has 0 saturated carbocycles. The van der Waals surface area contributed by atoms with Gasteiger partial charge in [-0.25, -0.2) is 0 Å². The Morgan fingerprint density at radius 1 is 1.09 bits per heavy atom. The Kier molecular flexibility index (Phi) is 4.94. The van der Waals surface area contributed by atoms with E-state index < -0.39 is 17.7 Å². The highest BCUT2D eigenvalue weighted by Crippen LogP contribution is 2.45. The Bertz CT molecular complexity index is 1360. The number of aromatic amines is 1. The SMILES string of the molecule is CCc1ccc(N2C(=O)C(O)=C(C(=O)c3cccs3)C2c2c(C)[nH]c3ccccc23)cc1. The van der Waals surface area contributed by atoms with Crippen LogP contribution in [0.4, 0.5) is 5.69 Å². The summed E-state index contributed by atoms with van der Waals surface area (Å²) in [6, 6.07) is 18.3. The molecule has 0 aliphatic carbocycles. The molecule has 0 spiro atoms. The van der Waals surface area contributed by atoms with E-state index in [0.29, 0.717) is 10.6 Å². The normalized spacial score (nSPS) is 16.4. The van der Waals surface area contributed by atoms with Gasteiger partial charge in [0.2, 0.25) is 5.78 Å². The summed E-state index contributed by atoms with van der Waals surface area (Å²) >= 11 is 1.30. The van der Waals surface area contributed by atoms with Crippen molar-refractivity contribution in [3.8, 4) is 0 Å². The fraction of sp³-hybridized carbons (Fsp3) is 0.154. The number of benzene rings is 2. The fourth-order valence-corrected chi connectivity index (χ4v) is 5.14. The van der Waals surface area contributed by atoms with Gasteiger partial charge in [0.1, 0.15) is 0 Å². The van der Waals surface area contributed by atoms with Crippen molar-refractivity contribution in [2.75, 3.05) is 4.90 Å². The van der Waals surface area contributed by atoms with E-state index in [1.165, 1.54) is 16.2 Å². The summed E-state index contributed by atoms with van der Waals surface area (Å²) in [6.45, 7) is 4.00. The van der Waals surface area contributed by atoms with E-state index in [1.807, 2.05) is 60.8 Å². The number of aliphatic hydroxyl groups is 1. The maximum Gasteiger partial charge on any atom is 0.294 e. The van der Waals surface area contributed by atoms with E-state index >= 15 is 0 Å². The van der Waals surface area contributed by atoms with Gasteiger partial charge in [0.05, 0.1) is 16.5 Å². The lowest BCUT2D eigenvalue weighted by molar-refractivity contribution is -0.117. The topological polar surface area (TPSA) is 73.4 Å². The molecule has 1 aliphatic heterocycles. The molecular formula is C26H22N2O3S. The lowest BCUT2D eigenvalue weighted by Crippen LogP contribution is -2.31. The number of hydrogen-bond donors (Lipinski definition) is 2.